The van der Waals surface area contributed by atoms with Crippen LogP contribution in [0.1, 0.15) is 25.8 Å². The number of benzene rings is 1. The van der Waals surface area contributed by atoms with E-state index in [2.05, 4.69) is 5.32 Å². The zero-order chi connectivity index (χ0) is 15.1. The van der Waals surface area contributed by atoms with Crippen molar-refractivity contribution >= 4 is 11.4 Å². The van der Waals surface area contributed by atoms with Gasteiger partial charge in [-0.1, -0.05) is 19.1 Å². The summed E-state index contributed by atoms with van der Waals surface area (Å²) in [5.41, 5.74) is 1.55. The molecule has 2 N–H and O–H groups in total. The molecule has 0 aliphatic carbocycles. The van der Waals surface area contributed by atoms with Crippen LogP contribution in [0.2, 0.25) is 0 Å². The Bertz CT molecular complexity index is 451. The molecule has 112 valence electrons. The first-order valence-electron chi connectivity index (χ1n) is 6.82. The zero-order valence-corrected chi connectivity index (χ0v) is 12.3. The molecule has 1 aromatic carbocycles. The lowest BCUT2D eigenvalue weighted by Crippen LogP contribution is -2.31. The van der Waals surface area contributed by atoms with E-state index in [1.54, 1.807) is 6.07 Å². The summed E-state index contributed by atoms with van der Waals surface area (Å²) >= 11 is 0. The van der Waals surface area contributed by atoms with Crippen LogP contribution in [0.15, 0.2) is 18.2 Å². The lowest BCUT2D eigenvalue weighted by molar-refractivity contribution is -0.384. The Balaban J connectivity index is 3.04. The van der Waals surface area contributed by atoms with Crippen LogP contribution in [-0.2, 0) is 6.54 Å². The van der Waals surface area contributed by atoms with Gasteiger partial charge in [-0.15, -0.1) is 0 Å². The highest BCUT2D eigenvalue weighted by Gasteiger charge is 2.19. The normalized spacial score (nSPS) is 12.4. The number of hydrogen-bond donors (Lipinski definition) is 2. The van der Waals surface area contributed by atoms with Crippen LogP contribution in [0, 0.1) is 10.1 Å². The molecule has 0 saturated heterocycles. The topological polar surface area (TPSA) is 78.6 Å². The van der Waals surface area contributed by atoms with E-state index < -0.39 is 0 Å². The maximum absolute atomic E-state index is 11.1. The summed E-state index contributed by atoms with van der Waals surface area (Å²) in [6.45, 7) is 5.23. The standard InChI is InChI=1S/C14H23N3O3/c1-4-8-15-14-12(9-16(3)11(2)10-18)6-5-7-13(14)17(19)20/h5-7,11,15,18H,4,8-10H2,1-3H3. The van der Waals surface area contributed by atoms with Gasteiger partial charge in [-0.25, -0.2) is 0 Å². The van der Waals surface area contributed by atoms with E-state index in [-0.39, 0.29) is 23.3 Å². The summed E-state index contributed by atoms with van der Waals surface area (Å²) in [5, 5.41) is 23.4. The minimum atomic E-state index is -0.364. The lowest BCUT2D eigenvalue weighted by Gasteiger charge is -2.24. The molecule has 0 aliphatic heterocycles. The summed E-state index contributed by atoms with van der Waals surface area (Å²) in [6.07, 6.45) is 0.897. The average molecular weight is 281 g/mol. The quantitative estimate of drug-likeness (QED) is 0.564. The van der Waals surface area contributed by atoms with Gasteiger partial charge in [0.15, 0.2) is 0 Å². The van der Waals surface area contributed by atoms with Crippen molar-refractivity contribution in [2.45, 2.75) is 32.9 Å². The number of anilines is 1. The van der Waals surface area contributed by atoms with Gasteiger partial charge in [-0.3, -0.25) is 15.0 Å². The van der Waals surface area contributed by atoms with Gasteiger partial charge in [0.2, 0.25) is 0 Å². The molecule has 0 spiro atoms. The Morgan fingerprint density at radius 3 is 2.75 bits per heavy atom. The number of likely N-dealkylation sites (N-methyl/N-ethyl adjacent to an activating group) is 1. The van der Waals surface area contributed by atoms with Crippen molar-refractivity contribution in [3.8, 4) is 0 Å². The molecule has 20 heavy (non-hydrogen) atoms. The monoisotopic (exact) mass is 281 g/mol. The molecule has 0 heterocycles. The average Bonchev–Trinajstić information content (AvgIpc) is 2.44. The van der Waals surface area contributed by atoms with Gasteiger partial charge in [0.05, 0.1) is 11.5 Å². The van der Waals surface area contributed by atoms with E-state index in [1.165, 1.54) is 6.07 Å². The Kier molecular flexibility index (Phi) is 6.41. The molecular formula is C14H23N3O3. The minimum absolute atomic E-state index is 0.00767. The molecule has 0 saturated carbocycles. The maximum atomic E-state index is 11.1. The second kappa shape index (κ2) is 7.81. The largest absolute Gasteiger partial charge is 0.395 e. The van der Waals surface area contributed by atoms with Gasteiger partial charge in [0, 0.05) is 25.2 Å². The van der Waals surface area contributed by atoms with Crippen molar-refractivity contribution in [2.24, 2.45) is 0 Å². The molecule has 1 aromatic rings. The van der Waals surface area contributed by atoms with Crippen LogP contribution >= 0.6 is 0 Å². The molecule has 6 nitrogen and oxygen atoms in total. The number of nitro benzene ring substituents is 1. The van der Waals surface area contributed by atoms with E-state index in [1.807, 2.05) is 31.9 Å². The summed E-state index contributed by atoms with van der Waals surface area (Å²) in [6, 6.07) is 5.10. The summed E-state index contributed by atoms with van der Waals surface area (Å²) in [7, 11) is 1.89. The fourth-order valence-corrected chi connectivity index (χ4v) is 1.89. The first kappa shape index (κ1) is 16.4. The number of para-hydroxylation sites is 1. The van der Waals surface area contributed by atoms with Crippen molar-refractivity contribution in [2.75, 3.05) is 25.5 Å². The molecule has 0 bridgehead atoms. The SMILES string of the molecule is CCCNc1c(CN(C)C(C)CO)cccc1[N+](=O)[O-]. The van der Waals surface area contributed by atoms with Crippen LogP contribution in [-0.4, -0.2) is 41.2 Å². The second-order valence-electron chi connectivity index (χ2n) is 4.94. The Labute approximate surface area is 119 Å². The van der Waals surface area contributed by atoms with Gasteiger partial charge in [-0.05, 0) is 26.0 Å². The third-order valence-electron chi connectivity index (χ3n) is 3.31. The summed E-state index contributed by atoms with van der Waals surface area (Å²) in [5.74, 6) is 0. The van der Waals surface area contributed by atoms with Gasteiger partial charge < -0.3 is 10.4 Å². The second-order valence-corrected chi connectivity index (χ2v) is 4.94. The third kappa shape index (κ3) is 4.18. The number of hydrogen-bond acceptors (Lipinski definition) is 5. The van der Waals surface area contributed by atoms with Crippen molar-refractivity contribution in [1.29, 1.82) is 0 Å². The fraction of sp³-hybridized carbons (Fsp3) is 0.571. The molecule has 0 fully saturated rings. The molecular weight excluding hydrogens is 258 g/mol. The van der Waals surface area contributed by atoms with Crippen molar-refractivity contribution in [1.82, 2.24) is 4.90 Å². The lowest BCUT2D eigenvalue weighted by atomic mass is 10.1. The number of rotatable bonds is 8. The molecule has 0 aliphatic rings. The van der Waals surface area contributed by atoms with Crippen molar-refractivity contribution < 1.29 is 10.0 Å². The summed E-state index contributed by atoms with van der Waals surface area (Å²) < 4.78 is 0. The van der Waals surface area contributed by atoms with E-state index >= 15 is 0 Å². The molecule has 6 heteroatoms. The molecule has 0 amide bonds. The third-order valence-corrected chi connectivity index (χ3v) is 3.31. The highest BCUT2D eigenvalue weighted by molar-refractivity contribution is 5.66. The number of nitrogens with zero attached hydrogens (tertiary/aromatic N) is 2. The van der Waals surface area contributed by atoms with Crippen molar-refractivity contribution in [3.05, 3.63) is 33.9 Å². The minimum Gasteiger partial charge on any atom is -0.395 e. The molecule has 1 unspecified atom stereocenters. The van der Waals surface area contributed by atoms with E-state index in [9.17, 15) is 15.2 Å². The predicted octanol–water partition coefficient (Wildman–Crippen LogP) is 2.23. The predicted molar refractivity (Wildman–Crippen MR) is 79.9 cm³/mol. The molecule has 1 atom stereocenters. The zero-order valence-electron chi connectivity index (χ0n) is 12.3. The number of aliphatic hydroxyl groups is 1. The highest BCUT2D eigenvalue weighted by atomic mass is 16.6. The Morgan fingerprint density at radius 2 is 2.20 bits per heavy atom. The Hall–Kier alpha value is -1.66. The molecule has 0 aromatic heterocycles. The summed E-state index contributed by atoms with van der Waals surface area (Å²) in [4.78, 5) is 12.7. The van der Waals surface area contributed by atoms with Crippen LogP contribution in [0.5, 0.6) is 0 Å². The number of nitrogens with one attached hydrogen (secondary N) is 1. The van der Waals surface area contributed by atoms with Gasteiger partial charge >= 0.3 is 0 Å². The highest BCUT2D eigenvalue weighted by Crippen LogP contribution is 2.29. The van der Waals surface area contributed by atoms with Crippen LogP contribution in [0.4, 0.5) is 11.4 Å². The van der Waals surface area contributed by atoms with Crippen LogP contribution in [0.3, 0.4) is 0 Å². The van der Waals surface area contributed by atoms with Crippen LogP contribution in [0.25, 0.3) is 0 Å². The van der Waals surface area contributed by atoms with E-state index in [4.69, 9.17) is 0 Å². The molecule has 1 rings (SSSR count). The van der Waals surface area contributed by atoms with Crippen LogP contribution < -0.4 is 5.32 Å². The van der Waals surface area contributed by atoms with Crippen molar-refractivity contribution in [3.63, 3.8) is 0 Å². The van der Waals surface area contributed by atoms with Gasteiger partial charge in [0.25, 0.3) is 5.69 Å². The van der Waals surface area contributed by atoms with Gasteiger partial charge in [-0.2, -0.15) is 0 Å². The fourth-order valence-electron chi connectivity index (χ4n) is 1.89. The first-order chi connectivity index (χ1) is 9.51. The number of aliphatic hydroxyl groups excluding tert-OH is 1. The first-order valence-corrected chi connectivity index (χ1v) is 6.82. The maximum Gasteiger partial charge on any atom is 0.292 e. The van der Waals surface area contributed by atoms with E-state index in [0.29, 0.717) is 18.8 Å². The van der Waals surface area contributed by atoms with E-state index in [0.717, 1.165) is 12.0 Å². The molecule has 0 radical (unpaired) electrons. The van der Waals surface area contributed by atoms with Gasteiger partial charge in [0.1, 0.15) is 5.69 Å². The number of nitro groups is 1. The smallest absolute Gasteiger partial charge is 0.292 e. The Morgan fingerprint density at radius 1 is 1.50 bits per heavy atom.